The summed E-state index contributed by atoms with van der Waals surface area (Å²) >= 11 is 0. The third-order valence-electron chi connectivity index (χ3n) is 2.65. The van der Waals surface area contributed by atoms with Crippen molar-refractivity contribution in [1.29, 1.82) is 0 Å². The van der Waals surface area contributed by atoms with E-state index in [4.69, 9.17) is 9.47 Å². The maximum absolute atomic E-state index is 12.0. The molecule has 0 spiro atoms. The fourth-order valence-electron chi connectivity index (χ4n) is 1.82. The van der Waals surface area contributed by atoms with Gasteiger partial charge in [-0.3, -0.25) is 0 Å². The molecule has 1 aliphatic rings. The number of ether oxygens (including phenoxy) is 2. The predicted molar refractivity (Wildman–Crippen MR) is 66.1 cm³/mol. The van der Waals surface area contributed by atoms with Crippen molar-refractivity contribution >= 4 is 6.09 Å². The van der Waals surface area contributed by atoms with Crippen molar-refractivity contribution in [1.82, 2.24) is 10.2 Å². The summed E-state index contributed by atoms with van der Waals surface area (Å²) in [5.41, 5.74) is -0.446. The van der Waals surface area contributed by atoms with Crippen LogP contribution < -0.4 is 5.32 Å². The average molecular weight is 244 g/mol. The summed E-state index contributed by atoms with van der Waals surface area (Å²) in [6.45, 7) is 9.66. The highest BCUT2D eigenvalue weighted by atomic mass is 16.6. The van der Waals surface area contributed by atoms with Gasteiger partial charge < -0.3 is 19.7 Å². The lowest BCUT2D eigenvalue weighted by Crippen LogP contribution is -2.59. The topological polar surface area (TPSA) is 50.8 Å². The number of amides is 1. The number of methoxy groups -OCH3 is 1. The fraction of sp³-hybridized carbons (Fsp3) is 0.917. The second-order valence-corrected chi connectivity index (χ2v) is 5.54. The summed E-state index contributed by atoms with van der Waals surface area (Å²) in [5.74, 6) is 0. The quantitative estimate of drug-likeness (QED) is 0.794. The lowest BCUT2D eigenvalue weighted by molar-refractivity contribution is 0.00518. The first-order chi connectivity index (χ1) is 7.83. The largest absolute Gasteiger partial charge is 0.444 e. The van der Waals surface area contributed by atoms with Gasteiger partial charge in [0.25, 0.3) is 0 Å². The number of hydrogen-bond acceptors (Lipinski definition) is 4. The summed E-state index contributed by atoms with van der Waals surface area (Å²) in [6.07, 6.45) is -0.243. The zero-order valence-corrected chi connectivity index (χ0v) is 11.4. The summed E-state index contributed by atoms with van der Waals surface area (Å²) < 4.78 is 10.5. The number of piperazine rings is 1. The van der Waals surface area contributed by atoms with Gasteiger partial charge >= 0.3 is 6.09 Å². The van der Waals surface area contributed by atoms with Gasteiger partial charge in [-0.2, -0.15) is 0 Å². The highest BCUT2D eigenvalue weighted by molar-refractivity contribution is 5.68. The van der Waals surface area contributed by atoms with E-state index in [9.17, 15) is 4.79 Å². The van der Waals surface area contributed by atoms with Crippen molar-refractivity contribution < 1.29 is 14.3 Å². The molecule has 0 aromatic rings. The van der Waals surface area contributed by atoms with E-state index in [1.807, 2.05) is 27.7 Å². The first-order valence-electron chi connectivity index (χ1n) is 6.05. The van der Waals surface area contributed by atoms with Crippen LogP contribution in [0.15, 0.2) is 0 Å². The summed E-state index contributed by atoms with van der Waals surface area (Å²) in [7, 11) is 1.66. The summed E-state index contributed by atoms with van der Waals surface area (Å²) in [5, 5.41) is 3.34. The van der Waals surface area contributed by atoms with Gasteiger partial charge in [-0.15, -0.1) is 0 Å². The van der Waals surface area contributed by atoms with Gasteiger partial charge in [0, 0.05) is 32.3 Å². The predicted octanol–water partition coefficient (Wildman–Crippen LogP) is 1.23. The Bertz CT molecular complexity index is 263. The molecule has 5 heteroatoms. The Morgan fingerprint density at radius 3 is 2.65 bits per heavy atom. The molecular formula is C12H24N2O3. The van der Waals surface area contributed by atoms with Crippen molar-refractivity contribution in [2.75, 3.05) is 26.8 Å². The maximum atomic E-state index is 12.0. The van der Waals surface area contributed by atoms with E-state index < -0.39 is 5.60 Å². The molecule has 2 atom stereocenters. The number of rotatable bonds is 2. The molecule has 1 saturated heterocycles. The molecule has 0 aromatic heterocycles. The molecule has 100 valence electrons. The second kappa shape index (κ2) is 5.69. The van der Waals surface area contributed by atoms with Crippen molar-refractivity contribution in [3.05, 3.63) is 0 Å². The van der Waals surface area contributed by atoms with Crippen LogP contribution in [0.4, 0.5) is 4.79 Å². The number of carbonyl (C=O) groups is 1. The Kier molecular flexibility index (Phi) is 4.77. The molecule has 1 fully saturated rings. The highest BCUT2D eigenvalue weighted by Gasteiger charge is 2.31. The van der Waals surface area contributed by atoms with Gasteiger partial charge in [-0.05, 0) is 27.7 Å². The zero-order chi connectivity index (χ0) is 13.1. The lowest BCUT2D eigenvalue weighted by Gasteiger charge is -2.39. The minimum atomic E-state index is -0.446. The smallest absolute Gasteiger partial charge is 0.410 e. The second-order valence-electron chi connectivity index (χ2n) is 5.54. The van der Waals surface area contributed by atoms with E-state index in [-0.39, 0.29) is 18.2 Å². The molecule has 0 saturated carbocycles. The van der Waals surface area contributed by atoms with E-state index in [2.05, 4.69) is 5.32 Å². The Hall–Kier alpha value is -0.810. The van der Waals surface area contributed by atoms with E-state index in [1.54, 1.807) is 12.0 Å². The fourth-order valence-corrected chi connectivity index (χ4v) is 1.82. The molecule has 0 bridgehead atoms. The van der Waals surface area contributed by atoms with Crippen LogP contribution in [-0.2, 0) is 9.47 Å². The van der Waals surface area contributed by atoms with Crippen molar-refractivity contribution in [3.63, 3.8) is 0 Å². The third-order valence-corrected chi connectivity index (χ3v) is 2.65. The number of nitrogens with zero attached hydrogens (tertiary/aromatic N) is 1. The van der Waals surface area contributed by atoms with Crippen LogP contribution >= 0.6 is 0 Å². The first kappa shape index (κ1) is 14.3. The number of nitrogens with one attached hydrogen (secondary N) is 1. The van der Waals surface area contributed by atoms with Crippen molar-refractivity contribution in [2.24, 2.45) is 0 Å². The zero-order valence-electron chi connectivity index (χ0n) is 11.4. The molecule has 5 nitrogen and oxygen atoms in total. The maximum Gasteiger partial charge on any atom is 0.410 e. The highest BCUT2D eigenvalue weighted by Crippen LogP contribution is 2.14. The monoisotopic (exact) mass is 244 g/mol. The molecule has 1 heterocycles. The average Bonchev–Trinajstić information content (AvgIpc) is 2.18. The van der Waals surface area contributed by atoms with E-state index >= 15 is 0 Å². The van der Waals surface area contributed by atoms with Crippen LogP contribution in [0.2, 0.25) is 0 Å². The van der Waals surface area contributed by atoms with Crippen LogP contribution in [0.3, 0.4) is 0 Å². The third kappa shape index (κ3) is 4.52. The van der Waals surface area contributed by atoms with Gasteiger partial charge in [0.15, 0.2) is 0 Å². The standard InChI is InChI=1S/C12H24N2O3/c1-9-6-13-10(8-16-5)7-14(9)11(15)17-12(2,3)4/h9-10,13H,6-8H2,1-5H3. The Morgan fingerprint density at radius 2 is 2.12 bits per heavy atom. The lowest BCUT2D eigenvalue weighted by atomic mass is 10.1. The van der Waals surface area contributed by atoms with Crippen molar-refractivity contribution in [2.45, 2.75) is 45.4 Å². The molecule has 0 radical (unpaired) electrons. The molecule has 1 rings (SSSR count). The summed E-state index contributed by atoms with van der Waals surface area (Å²) in [6, 6.07) is 0.335. The Balaban J connectivity index is 2.57. The van der Waals surface area contributed by atoms with Crippen LogP contribution in [-0.4, -0.2) is 55.5 Å². The van der Waals surface area contributed by atoms with Crippen LogP contribution in [0.1, 0.15) is 27.7 Å². The van der Waals surface area contributed by atoms with E-state index in [0.717, 1.165) is 6.54 Å². The van der Waals surface area contributed by atoms with Crippen LogP contribution in [0, 0.1) is 0 Å². The molecule has 0 aliphatic carbocycles. The Labute approximate surface area is 103 Å². The SMILES string of the molecule is COCC1CN(C(=O)OC(C)(C)C)C(C)CN1. The number of hydrogen-bond donors (Lipinski definition) is 1. The van der Waals surface area contributed by atoms with Gasteiger partial charge in [0.2, 0.25) is 0 Å². The molecule has 1 amide bonds. The van der Waals surface area contributed by atoms with Crippen molar-refractivity contribution in [3.8, 4) is 0 Å². The first-order valence-corrected chi connectivity index (χ1v) is 6.05. The van der Waals surface area contributed by atoms with Gasteiger partial charge in [0.1, 0.15) is 5.60 Å². The van der Waals surface area contributed by atoms with Gasteiger partial charge in [-0.1, -0.05) is 0 Å². The normalized spacial score (nSPS) is 25.8. The van der Waals surface area contributed by atoms with Crippen LogP contribution in [0.5, 0.6) is 0 Å². The van der Waals surface area contributed by atoms with Gasteiger partial charge in [0.05, 0.1) is 6.61 Å². The molecule has 2 unspecified atom stereocenters. The Morgan fingerprint density at radius 1 is 1.47 bits per heavy atom. The minimum absolute atomic E-state index is 0.151. The van der Waals surface area contributed by atoms with E-state index in [0.29, 0.717) is 13.2 Å². The molecule has 0 aromatic carbocycles. The van der Waals surface area contributed by atoms with Gasteiger partial charge in [-0.25, -0.2) is 4.79 Å². The summed E-state index contributed by atoms with van der Waals surface area (Å²) in [4.78, 5) is 13.8. The molecule has 1 N–H and O–H groups in total. The molecular weight excluding hydrogens is 220 g/mol. The van der Waals surface area contributed by atoms with Crippen LogP contribution in [0.25, 0.3) is 0 Å². The van der Waals surface area contributed by atoms with E-state index in [1.165, 1.54) is 0 Å². The number of carbonyl (C=O) groups excluding carboxylic acids is 1. The molecule has 17 heavy (non-hydrogen) atoms. The minimum Gasteiger partial charge on any atom is -0.444 e. The molecule has 1 aliphatic heterocycles.